The van der Waals surface area contributed by atoms with Crippen molar-refractivity contribution in [3.8, 4) is 0 Å². The fourth-order valence-corrected chi connectivity index (χ4v) is 2.32. The molecule has 0 aliphatic heterocycles. The van der Waals surface area contributed by atoms with Crippen LogP contribution in [0.5, 0.6) is 0 Å². The van der Waals surface area contributed by atoms with Crippen molar-refractivity contribution < 1.29 is 0 Å². The summed E-state index contributed by atoms with van der Waals surface area (Å²) in [5.74, 6) is 0. The smallest absolute Gasteiger partial charge is 0.0200 e. The van der Waals surface area contributed by atoms with Gasteiger partial charge in [-0.1, -0.05) is 29.8 Å². The minimum atomic E-state index is 0.108. The maximum atomic E-state index is 5.90. The fraction of sp³-hybridized carbons (Fsp3) is 0.429. The molecule has 0 aromatic heterocycles. The molecule has 0 fully saturated rings. The Balaban J connectivity index is 2.23. The van der Waals surface area contributed by atoms with Gasteiger partial charge >= 0.3 is 0 Å². The van der Waals surface area contributed by atoms with Crippen LogP contribution in [0.15, 0.2) is 23.8 Å². The average Bonchev–Trinajstić information content (AvgIpc) is 2.30. The minimum absolute atomic E-state index is 0.108. The largest absolute Gasteiger partial charge is 0.329 e. The van der Waals surface area contributed by atoms with E-state index in [0.29, 0.717) is 6.54 Å². The molecule has 1 aliphatic carbocycles. The molecule has 2 rings (SSSR count). The van der Waals surface area contributed by atoms with E-state index in [1.54, 1.807) is 0 Å². The van der Waals surface area contributed by atoms with E-state index in [4.69, 9.17) is 11.5 Å². The number of hydrogen-bond acceptors (Lipinski definition) is 2. The van der Waals surface area contributed by atoms with E-state index in [0.717, 1.165) is 19.3 Å². The van der Waals surface area contributed by atoms with Crippen LogP contribution in [0.1, 0.15) is 29.5 Å². The maximum absolute atomic E-state index is 5.90. The molecule has 16 heavy (non-hydrogen) atoms. The van der Waals surface area contributed by atoms with Gasteiger partial charge in [0.15, 0.2) is 0 Å². The van der Waals surface area contributed by atoms with Crippen molar-refractivity contribution in [2.24, 2.45) is 11.5 Å². The lowest BCUT2D eigenvalue weighted by Gasteiger charge is -2.20. The first kappa shape index (κ1) is 11.4. The van der Waals surface area contributed by atoms with Gasteiger partial charge in [-0.25, -0.2) is 0 Å². The molecule has 0 saturated carbocycles. The summed E-state index contributed by atoms with van der Waals surface area (Å²) in [7, 11) is 0. The SMILES string of the molecule is Cc1cccc2c1C=C(C[C@H](N)CN)CC2. The summed E-state index contributed by atoms with van der Waals surface area (Å²) < 4.78 is 0. The normalized spacial score (nSPS) is 16.6. The molecule has 1 aromatic rings. The molecule has 0 amide bonds. The maximum Gasteiger partial charge on any atom is 0.0200 e. The van der Waals surface area contributed by atoms with Crippen LogP contribution in [-0.4, -0.2) is 12.6 Å². The molecule has 1 atom stereocenters. The van der Waals surface area contributed by atoms with Crippen LogP contribution in [-0.2, 0) is 6.42 Å². The Kier molecular flexibility index (Phi) is 3.42. The Labute approximate surface area is 97.3 Å². The highest BCUT2D eigenvalue weighted by atomic mass is 14.7. The van der Waals surface area contributed by atoms with Crippen LogP contribution in [0.4, 0.5) is 0 Å². The minimum Gasteiger partial charge on any atom is -0.329 e. The lowest BCUT2D eigenvalue weighted by Crippen LogP contribution is -2.30. The van der Waals surface area contributed by atoms with E-state index >= 15 is 0 Å². The van der Waals surface area contributed by atoms with Crippen molar-refractivity contribution in [1.29, 1.82) is 0 Å². The number of benzene rings is 1. The first-order valence-corrected chi connectivity index (χ1v) is 5.94. The van der Waals surface area contributed by atoms with Crippen molar-refractivity contribution in [1.82, 2.24) is 0 Å². The predicted octanol–water partition coefficient (Wildman–Crippen LogP) is 2.00. The van der Waals surface area contributed by atoms with Gasteiger partial charge in [0, 0.05) is 12.6 Å². The molecule has 0 radical (unpaired) electrons. The molecular formula is C14H20N2. The van der Waals surface area contributed by atoms with Crippen molar-refractivity contribution in [2.45, 2.75) is 32.2 Å². The highest BCUT2D eigenvalue weighted by molar-refractivity contribution is 5.62. The second kappa shape index (κ2) is 4.81. The Bertz CT molecular complexity index is 407. The number of rotatable bonds is 3. The molecule has 4 N–H and O–H groups in total. The summed E-state index contributed by atoms with van der Waals surface area (Å²) in [5, 5.41) is 0. The zero-order valence-corrected chi connectivity index (χ0v) is 9.87. The van der Waals surface area contributed by atoms with E-state index in [1.807, 2.05) is 0 Å². The number of aryl methyl sites for hydroxylation is 2. The highest BCUT2D eigenvalue weighted by Gasteiger charge is 2.13. The quantitative estimate of drug-likeness (QED) is 0.812. The second-order valence-corrected chi connectivity index (χ2v) is 4.65. The van der Waals surface area contributed by atoms with E-state index in [1.165, 1.54) is 22.3 Å². The molecule has 86 valence electrons. The zero-order chi connectivity index (χ0) is 11.5. The monoisotopic (exact) mass is 216 g/mol. The Morgan fingerprint density at radius 2 is 2.12 bits per heavy atom. The van der Waals surface area contributed by atoms with Gasteiger partial charge < -0.3 is 11.5 Å². The summed E-state index contributed by atoms with van der Waals surface area (Å²) in [6.07, 6.45) is 5.51. The number of fused-ring (bicyclic) bond motifs is 1. The van der Waals surface area contributed by atoms with Crippen LogP contribution in [0, 0.1) is 6.92 Å². The number of hydrogen-bond donors (Lipinski definition) is 2. The average molecular weight is 216 g/mol. The highest BCUT2D eigenvalue weighted by Crippen LogP contribution is 2.28. The molecule has 0 spiro atoms. The molecule has 0 unspecified atom stereocenters. The number of nitrogens with two attached hydrogens (primary N) is 2. The van der Waals surface area contributed by atoms with Gasteiger partial charge in [-0.2, -0.15) is 0 Å². The van der Waals surface area contributed by atoms with Crippen molar-refractivity contribution in [2.75, 3.05) is 6.54 Å². The lowest BCUT2D eigenvalue weighted by atomic mass is 9.87. The van der Waals surface area contributed by atoms with Gasteiger partial charge in [-0.3, -0.25) is 0 Å². The second-order valence-electron chi connectivity index (χ2n) is 4.65. The Morgan fingerprint density at radius 1 is 1.31 bits per heavy atom. The first-order chi connectivity index (χ1) is 7.70. The molecule has 0 bridgehead atoms. The van der Waals surface area contributed by atoms with E-state index < -0.39 is 0 Å². The van der Waals surface area contributed by atoms with Gasteiger partial charge in [0.25, 0.3) is 0 Å². The van der Waals surface area contributed by atoms with E-state index in [2.05, 4.69) is 31.2 Å². The van der Waals surface area contributed by atoms with E-state index in [9.17, 15) is 0 Å². The van der Waals surface area contributed by atoms with E-state index in [-0.39, 0.29) is 6.04 Å². The third kappa shape index (κ3) is 2.34. The van der Waals surface area contributed by atoms with Crippen LogP contribution in [0.2, 0.25) is 0 Å². The van der Waals surface area contributed by atoms with Crippen molar-refractivity contribution in [3.05, 3.63) is 40.5 Å². The summed E-state index contributed by atoms with van der Waals surface area (Å²) in [6.45, 7) is 2.74. The molecule has 0 heterocycles. The van der Waals surface area contributed by atoms with Gasteiger partial charge in [-0.05, 0) is 42.9 Å². The van der Waals surface area contributed by atoms with Gasteiger partial charge in [0.1, 0.15) is 0 Å². The van der Waals surface area contributed by atoms with Crippen LogP contribution < -0.4 is 11.5 Å². The Hall–Kier alpha value is -1.12. The standard InChI is InChI=1S/C14H20N2/c1-10-3-2-4-12-6-5-11(8-14(10)12)7-13(16)9-15/h2-4,8,13H,5-7,9,15-16H2,1H3/t13-/m0/s1. The van der Waals surface area contributed by atoms with Crippen LogP contribution in [0.3, 0.4) is 0 Å². The third-order valence-corrected chi connectivity index (χ3v) is 3.31. The molecule has 1 aromatic carbocycles. The van der Waals surface area contributed by atoms with Gasteiger partial charge in [-0.15, -0.1) is 0 Å². The van der Waals surface area contributed by atoms with Crippen LogP contribution >= 0.6 is 0 Å². The summed E-state index contributed by atoms with van der Waals surface area (Å²) in [4.78, 5) is 0. The van der Waals surface area contributed by atoms with Gasteiger partial charge in [0.05, 0.1) is 0 Å². The third-order valence-electron chi connectivity index (χ3n) is 3.31. The van der Waals surface area contributed by atoms with Gasteiger partial charge in [0.2, 0.25) is 0 Å². The molecular weight excluding hydrogens is 196 g/mol. The fourth-order valence-electron chi connectivity index (χ4n) is 2.32. The molecule has 2 nitrogen and oxygen atoms in total. The molecule has 2 heteroatoms. The summed E-state index contributed by atoms with van der Waals surface area (Å²) >= 11 is 0. The molecule has 1 aliphatic rings. The first-order valence-electron chi connectivity index (χ1n) is 5.94. The zero-order valence-electron chi connectivity index (χ0n) is 9.87. The molecule has 0 saturated heterocycles. The topological polar surface area (TPSA) is 52.0 Å². The van der Waals surface area contributed by atoms with Crippen molar-refractivity contribution >= 4 is 6.08 Å². The predicted molar refractivity (Wildman–Crippen MR) is 69.1 cm³/mol. The van der Waals surface area contributed by atoms with Crippen LogP contribution in [0.25, 0.3) is 6.08 Å². The Morgan fingerprint density at radius 3 is 2.88 bits per heavy atom. The summed E-state index contributed by atoms with van der Waals surface area (Å²) in [5.41, 5.74) is 17.1. The lowest BCUT2D eigenvalue weighted by molar-refractivity contribution is 0.655. The summed E-state index contributed by atoms with van der Waals surface area (Å²) in [6, 6.07) is 6.63. The van der Waals surface area contributed by atoms with Crippen molar-refractivity contribution in [3.63, 3.8) is 0 Å².